The van der Waals surface area contributed by atoms with E-state index >= 15 is 0 Å². The van der Waals surface area contributed by atoms with E-state index in [2.05, 4.69) is 49.9 Å². The molecule has 1 aromatic heterocycles. The second kappa shape index (κ2) is 6.40. The third kappa shape index (κ3) is 2.55. The van der Waals surface area contributed by atoms with Gasteiger partial charge in [-0.2, -0.15) is 0 Å². The third-order valence-corrected chi connectivity index (χ3v) is 6.13. The number of ether oxygens (including phenoxy) is 1. The van der Waals surface area contributed by atoms with Gasteiger partial charge in [0.2, 0.25) is 0 Å². The van der Waals surface area contributed by atoms with E-state index in [1.807, 2.05) is 6.07 Å². The van der Waals surface area contributed by atoms with Gasteiger partial charge in [0.25, 0.3) is 0 Å². The molecule has 1 aliphatic carbocycles. The highest BCUT2D eigenvalue weighted by molar-refractivity contribution is 5.87. The highest BCUT2D eigenvalue weighted by Crippen LogP contribution is 2.39. The van der Waals surface area contributed by atoms with Crippen molar-refractivity contribution in [3.05, 3.63) is 68.6 Å². The Morgan fingerprint density at radius 2 is 1.86 bits per heavy atom. The molecule has 1 aliphatic heterocycles. The minimum Gasteiger partial charge on any atom is -0.473 e. The molecule has 144 valence electrons. The van der Waals surface area contributed by atoms with Crippen LogP contribution in [0.25, 0.3) is 11.0 Å². The van der Waals surface area contributed by atoms with Gasteiger partial charge in [0, 0.05) is 16.6 Å². The Balaban J connectivity index is 1.66. The lowest BCUT2D eigenvalue weighted by Crippen LogP contribution is -2.33. The summed E-state index contributed by atoms with van der Waals surface area (Å²) in [6.07, 6.45) is 2.81. The second-order valence-electron chi connectivity index (χ2n) is 8.26. The van der Waals surface area contributed by atoms with E-state index in [9.17, 15) is 4.79 Å². The summed E-state index contributed by atoms with van der Waals surface area (Å²) in [5.74, 6) is 1.24. The molecule has 0 amide bonds. The number of hydrogen-bond donors (Lipinski definition) is 0. The van der Waals surface area contributed by atoms with Gasteiger partial charge < -0.3 is 14.1 Å². The van der Waals surface area contributed by atoms with Gasteiger partial charge in [-0.3, -0.25) is 0 Å². The number of hydrogen-bond acceptors (Lipinski definition) is 4. The molecule has 5 rings (SSSR count). The van der Waals surface area contributed by atoms with E-state index in [4.69, 9.17) is 9.15 Å². The molecule has 0 saturated heterocycles. The van der Waals surface area contributed by atoms with Gasteiger partial charge in [-0.05, 0) is 60.9 Å². The van der Waals surface area contributed by atoms with Crippen LogP contribution in [0, 0.1) is 6.92 Å². The van der Waals surface area contributed by atoms with Gasteiger partial charge >= 0.3 is 5.63 Å². The Labute approximate surface area is 164 Å². The van der Waals surface area contributed by atoms with Crippen molar-refractivity contribution < 1.29 is 9.15 Å². The summed E-state index contributed by atoms with van der Waals surface area (Å²) in [6, 6.07) is 10.6. The molecule has 4 nitrogen and oxygen atoms in total. The minimum atomic E-state index is -0.177. The fraction of sp³-hybridized carbons (Fsp3) is 0.375. The maximum atomic E-state index is 12.5. The molecule has 0 unspecified atom stereocenters. The molecule has 2 aliphatic rings. The highest BCUT2D eigenvalue weighted by atomic mass is 16.5. The minimum absolute atomic E-state index is 0.177. The fourth-order valence-corrected chi connectivity index (χ4v) is 4.78. The van der Waals surface area contributed by atoms with E-state index in [0.29, 0.717) is 24.8 Å². The van der Waals surface area contributed by atoms with E-state index in [0.717, 1.165) is 41.5 Å². The molecule has 0 bridgehead atoms. The Hall–Kier alpha value is -2.75. The lowest BCUT2D eigenvalue weighted by molar-refractivity contribution is 0.288. The van der Waals surface area contributed by atoms with Gasteiger partial charge in [0.15, 0.2) is 6.73 Å². The summed E-state index contributed by atoms with van der Waals surface area (Å²) in [4.78, 5) is 14.8. The van der Waals surface area contributed by atoms with Crippen molar-refractivity contribution in [1.29, 1.82) is 0 Å². The van der Waals surface area contributed by atoms with Gasteiger partial charge in [0.05, 0.1) is 12.1 Å². The number of anilines is 1. The van der Waals surface area contributed by atoms with Crippen molar-refractivity contribution >= 4 is 16.7 Å². The van der Waals surface area contributed by atoms with Crippen molar-refractivity contribution in [3.8, 4) is 5.75 Å². The monoisotopic (exact) mass is 375 g/mol. The topological polar surface area (TPSA) is 42.7 Å². The first kappa shape index (κ1) is 17.4. The predicted molar refractivity (Wildman–Crippen MR) is 111 cm³/mol. The molecule has 0 radical (unpaired) electrons. The molecule has 0 N–H and O–H groups in total. The molecule has 2 aromatic carbocycles. The number of nitrogens with zero attached hydrogens (tertiary/aromatic N) is 1. The summed E-state index contributed by atoms with van der Waals surface area (Å²) in [5, 5.41) is 1.07. The van der Waals surface area contributed by atoms with Crippen LogP contribution in [-0.4, -0.2) is 6.73 Å². The molecule has 0 fully saturated rings. The summed E-state index contributed by atoms with van der Waals surface area (Å²) >= 11 is 0. The Morgan fingerprint density at radius 1 is 1.04 bits per heavy atom. The van der Waals surface area contributed by atoms with Crippen LogP contribution in [0.4, 0.5) is 5.69 Å². The van der Waals surface area contributed by atoms with Crippen LogP contribution in [0.1, 0.15) is 54.0 Å². The first-order chi connectivity index (χ1) is 13.5. The Kier molecular flexibility index (Phi) is 3.97. The van der Waals surface area contributed by atoms with E-state index < -0.39 is 0 Å². The van der Waals surface area contributed by atoms with Crippen molar-refractivity contribution in [2.24, 2.45) is 0 Å². The van der Waals surface area contributed by atoms with Crippen LogP contribution in [0.5, 0.6) is 5.75 Å². The van der Waals surface area contributed by atoms with Crippen molar-refractivity contribution in [3.63, 3.8) is 0 Å². The molecule has 0 saturated carbocycles. The zero-order valence-corrected chi connectivity index (χ0v) is 16.7. The van der Waals surface area contributed by atoms with Gasteiger partial charge in [-0.1, -0.05) is 32.0 Å². The maximum absolute atomic E-state index is 12.5. The standard InChI is InChI=1S/C24H25NO3/c1-14(2)16-7-4-6-15(3)22(16)25-12-20-21(27-13-25)11-10-18-17-8-5-9-19(17)24(26)28-23(18)20/h4,6-7,10-11,14H,5,8-9,12-13H2,1-3H3. The summed E-state index contributed by atoms with van der Waals surface area (Å²) < 4.78 is 11.9. The molecular weight excluding hydrogens is 350 g/mol. The van der Waals surface area contributed by atoms with Crippen LogP contribution < -0.4 is 15.3 Å². The quantitative estimate of drug-likeness (QED) is 0.587. The number of benzene rings is 2. The van der Waals surface area contributed by atoms with Gasteiger partial charge in [-0.25, -0.2) is 4.79 Å². The SMILES string of the molecule is Cc1cccc(C(C)C)c1N1COc2ccc3c4c(c(=O)oc3c2C1)CCC4. The summed E-state index contributed by atoms with van der Waals surface area (Å²) in [5.41, 5.74) is 7.32. The number of para-hydroxylation sites is 1. The Morgan fingerprint density at radius 3 is 2.68 bits per heavy atom. The third-order valence-electron chi connectivity index (χ3n) is 6.13. The van der Waals surface area contributed by atoms with Gasteiger partial charge in [0.1, 0.15) is 11.3 Å². The highest BCUT2D eigenvalue weighted by Gasteiger charge is 2.27. The lowest BCUT2D eigenvalue weighted by Gasteiger charge is -2.34. The first-order valence-electron chi connectivity index (χ1n) is 10.1. The molecule has 0 atom stereocenters. The second-order valence-corrected chi connectivity index (χ2v) is 8.26. The van der Waals surface area contributed by atoms with Crippen LogP contribution in [0.15, 0.2) is 39.5 Å². The van der Waals surface area contributed by atoms with Crippen molar-refractivity contribution in [2.75, 3.05) is 11.6 Å². The van der Waals surface area contributed by atoms with Crippen LogP contribution in [-0.2, 0) is 19.4 Å². The summed E-state index contributed by atoms with van der Waals surface area (Å²) in [6.45, 7) is 7.76. The average Bonchev–Trinajstić information content (AvgIpc) is 3.18. The zero-order chi connectivity index (χ0) is 19.4. The number of rotatable bonds is 2. The predicted octanol–water partition coefficient (Wildman–Crippen LogP) is 5.07. The molecule has 28 heavy (non-hydrogen) atoms. The normalized spacial score (nSPS) is 15.6. The summed E-state index contributed by atoms with van der Waals surface area (Å²) in [7, 11) is 0. The van der Waals surface area contributed by atoms with E-state index in [-0.39, 0.29) is 5.63 Å². The Bertz CT molecular complexity index is 1140. The van der Waals surface area contributed by atoms with Crippen LogP contribution in [0.3, 0.4) is 0 Å². The molecule has 4 heteroatoms. The zero-order valence-electron chi connectivity index (χ0n) is 16.7. The smallest absolute Gasteiger partial charge is 0.339 e. The lowest BCUT2D eigenvalue weighted by atomic mass is 9.96. The van der Waals surface area contributed by atoms with E-state index in [1.165, 1.54) is 22.4 Å². The van der Waals surface area contributed by atoms with Crippen LogP contribution >= 0.6 is 0 Å². The van der Waals surface area contributed by atoms with E-state index in [1.54, 1.807) is 0 Å². The largest absolute Gasteiger partial charge is 0.473 e. The number of aryl methyl sites for hydroxylation is 2. The number of fused-ring (bicyclic) bond motifs is 5. The molecule has 2 heterocycles. The molecular formula is C24H25NO3. The van der Waals surface area contributed by atoms with Gasteiger partial charge in [-0.15, -0.1) is 0 Å². The first-order valence-corrected chi connectivity index (χ1v) is 10.1. The fourth-order valence-electron chi connectivity index (χ4n) is 4.78. The maximum Gasteiger partial charge on any atom is 0.339 e. The molecule has 0 spiro atoms. The molecule has 3 aromatic rings. The van der Waals surface area contributed by atoms with Crippen molar-refractivity contribution in [1.82, 2.24) is 0 Å². The van der Waals surface area contributed by atoms with Crippen molar-refractivity contribution in [2.45, 2.75) is 52.5 Å². The average molecular weight is 375 g/mol. The van der Waals surface area contributed by atoms with Crippen LogP contribution in [0.2, 0.25) is 0 Å².